The number of sulfonamides is 2. The number of hydrogen-bond donors (Lipinski definition) is 4. The minimum absolute atomic E-state index is 0.00115. The zero-order valence-corrected chi connectivity index (χ0v) is 29.2. The van der Waals surface area contributed by atoms with Gasteiger partial charge < -0.3 is 4.48 Å². The number of quaternary nitrogens is 1. The fourth-order valence-corrected chi connectivity index (χ4v) is 7.49. The van der Waals surface area contributed by atoms with Gasteiger partial charge in [0.05, 0.1) is 37.8 Å². The van der Waals surface area contributed by atoms with E-state index in [1.807, 2.05) is 0 Å². The van der Waals surface area contributed by atoms with Crippen LogP contribution in [0.3, 0.4) is 0 Å². The summed E-state index contributed by atoms with van der Waals surface area (Å²) in [7, 11) is -3.35. The lowest BCUT2D eigenvalue weighted by molar-refractivity contribution is -0.888. The summed E-state index contributed by atoms with van der Waals surface area (Å²) in [6, 6.07) is 11.9. The quantitative estimate of drug-likeness (QED) is 0.0375. The van der Waals surface area contributed by atoms with Crippen molar-refractivity contribution in [2.45, 2.75) is 102 Å². The van der Waals surface area contributed by atoms with E-state index in [9.17, 15) is 21.6 Å². The molecule has 10 nitrogen and oxygen atoms in total. The van der Waals surface area contributed by atoms with E-state index < -0.39 is 20.0 Å². The first kappa shape index (κ1) is 38.4. The lowest BCUT2D eigenvalue weighted by atomic mass is 10.0. The summed E-state index contributed by atoms with van der Waals surface area (Å²) >= 11 is 0. The Morgan fingerprint density at radius 1 is 0.600 bits per heavy atom. The van der Waals surface area contributed by atoms with Crippen molar-refractivity contribution >= 4 is 43.5 Å². The summed E-state index contributed by atoms with van der Waals surface area (Å²) in [5, 5.41) is 0. The molecule has 0 aliphatic carbocycles. The molecule has 0 heterocycles. The number of amides is 1. The maximum Gasteiger partial charge on any atom is 0.261 e. The highest BCUT2D eigenvalue weighted by Crippen LogP contribution is 2.21. The number of carbonyl (C=O) groups excluding carboxylic acids is 1. The van der Waals surface area contributed by atoms with Crippen molar-refractivity contribution in [3.05, 3.63) is 48.5 Å². The van der Waals surface area contributed by atoms with Gasteiger partial charge in [-0.1, -0.05) is 84.0 Å². The van der Waals surface area contributed by atoms with Crippen molar-refractivity contribution in [1.29, 1.82) is 0 Å². The highest BCUT2D eigenvalue weighted by Gasteiger charge is 2.21. The first-order valence-electron chi connectivity index (χ1n) is 16.5. The van der Waals surface area contributed by atoms with Crippen molar-refractivity contribution in [1.82, 2.24) is 5.43 Å². The van der Waals surface area contributed by atoms with Crippen molar-refractivity contribution < 1.29 is 26.1 Å². The third-order valence-electron chi connectivity index (χ3n) is 7.93. The van der Waals surface area contributed by atoms with Crippen LogP contribution in [0.1, 0.15) is 96.8 Å². The SMILES string of the molecule is CCCCCCCCCCCCCCCC[N+](C)(C)CCS(=O)(=O)Nc1ccc(S(=O)(=O)Nc2ccc(NNC=O)cc2)cc1. The predicted molar refractivity (Wildman–Crippen MR) is 186 cm³/mol. The van der Waals surface area contributed by atoms with E-state index in [-0.39, 0.29) is 10.6 Å². The topological polar surface area (TPSA) is 133 Å². The van der Waals surface area contributed by atoms with Crippen LogP contribution >= 0.6 is 0 Å². The molecular formula is C33H56N5O5S2+. The van der Waals surface area contributed by atoms with Gasteiger partial charge in [-0.25, -0.2) is 16.8 Å². The van der Waals surface area contributed by atoms with Gasteiger partial charge in [-0.05, 0) is 61.4 Å². The molecule has 4 N–H and O–H groups in total. The van der Waals surface area contributed by atoms with Gasteiger partial charge in [-0.15, -0.1) is 0 Å². The van der Waals surface area contributed by atoms with E-state index in [0.717, 1.165) is 13.0 Å². The molecular weight excluding hydrogens is 611 g/mol. The monoisotopic (exact) mass is 666 g/mol. The van der Waals surface area contributed by atoms with E-state index in [1.54, 1.807) is 24.3 Å². The van der Waals surface area contributed by atoms with Crippen LogP contribution in [0, 0.1) is 0 Å². The number of nitrogens with zero attached hydrogens (tertiary/aromatic N) is 1. The maximum absolute atomic E-state index is 12.8. The standard InChI is InChI=1S/C33H55N5O5S2/c1-4-5-6-7-8-9-10-11-12-13-14-15-16-17-26-38(2,3)27-28-44(40,41)36-31-22-24-33(25-23-31)45(42,43)37-32-20-18-30(19-21-32)35-34-29-39/h18-25,29,35-37H,4-17,26-28H2,1-3H3/p+1. The Kier molecular flexibility index (Phi) is 17.3. The molecule has 0 fully saturated rings. The number of unbranched alkanes of at least 4 members (excludes halogenated alkanes) is 13. The number of hydrazine groups is 1. The summed E-state index contributed by atoms with van der Waals surface area (Å²) in [4.78, 5) is 10.4. The minimum atomic E-state index is -3.88. The second-order valence-corrected chi connectivity index (χ2v) is 16.0. The molecule has 0 saturated heterocycles. The zero-order valence-electron chi connectivity index (χ0n) is 27.5. The lowest BCUT2D eigenvalue weighted by Crippen LogP contribution is -2.44. The van der Waals surface area contributed by atoms with E-state index in [1.165, 1.54) is 108 Å². The molecule has 0 spiro atoms. The molecule has 0 aromatic heterocycles. The molecule has 45 heavy (non-hydrogen) atoms. The van der Waals surface area contributed by atoms with Gasteiger partial charge in [0, 0.05) is 11.4 Å². The van der Waals surface area contributed by atoms with Crippen LogP contribution in [-0.4, -0.2) is 60.7 Å². The molecule has 2 aromatic rings. The Morgan fingerprint density at radius 3 is 1.56 bits per heavy atom. The molecule has 12 heteroatoms. The van der Waals surface area contributed by atoms with E-state index in [2.05, 4.69) is 41.3 Å². The van der Waals surface area contributed by atoms with Gasteiger partial charge in [0.1, 0.15) is 5.75 Å². The Balaban J connectivity index is 1.66. The normalized spacial score (nSPS) is 12.1. The average Bonchev–Trinajstić information content (AvgIpc) is 3.00. The smallest absolute Gasteiger partial charge is 0.261 e. The van der Waals surface area contributed by atoms with E-state index >= 15 is 0 Å². The lowest BCUT2D eigenvalue weighted by Gasteiger charge is -2.29. The average molecular weight is 667 g/mol. The van der Waals surface area contributed by atoms with Crippen LogP contribution in [0.4, 0.5) is 17.1 Å². The first-order valence-corrected chi connectivity index (χ1v) is 19.6. The molecule has 0 aliphatic heterocycles. The van der Waals surface area contributed by atoms with Crippen LogP contribution in [0.5, 0.6) is 0 Å². The Bertz CT molecular complexity index is 1320. The van der Waals surface area contributed by atoms with Crippen molar-refractivity contribution in [3.8, 4) is 0 Å². The number of anilines is 3. The van der Waals surface area contributed by atoms with Crippen LogP contribution in [-0.2, 0) is 24.8 Å². The summed E-state index contributed by atoms with van der Waals surface area (Å²) in [6.07, 6.45) is 18.9. The minimum Gasteiger partial charge on any atom is -0.328 e. The van der Waals surface area contributed by atoms with Crippen LogP contribution in [0.15, 0.2) is 53.4 Å². The fraction of sp³-hybridized carbons (Fsp3) is 0.606. The van der Waals surface area contributed by atoms with Crippen molar-refractivity contribution in [2.75, 3.05) is 47.8 Å². The Morgan fingerprint density at radius 2 is 1.04 bits per heavy atom. The van der Waals surface area contributed by atoms with Crippen LogP contribution in [0.25, 0.3) is 0 Å². The highest BCUT2D eigenvalue weighted by molar-refractivity contribution is 7.93. The molecule has 0 atom stereocenters. The number of carbonyl (C=O) groups is 1. The van der Waals surface area contributed by atoms with Gasteiger partial charge in [-0.3, -0.25) is 25.1 Å². The second kappa shape index (κ2) is 20.3. The van der Waals surface area contributed by atoms with Gasteiger partial charge >= 0.3 is 0 Å². The largest absolute Gasteiger partial charge is 0.328 e. The van der Waals surface area contributed by atoms with E-state index in [0.29, 0.717) is 34.5 Å². The van der Waals surface area contributed by atoms with Crippen LogP contribution < -0.4 is 20.3 Å². The molecule has 0 unspecified atom stereocenters. The number of rotatable bonds is 26. The molecule has 2 rings (SSSR count). The molecule has 1 amide bonds. The van der Waals surface area contributed by atoms with Crippen molar-refractivity contribution in [2.24, 2.45) is 0 Å². The second-order valence-electron chi connectivity index (χ2n) is 12.5. The summed E-state index contributed by atoms with van der Waals surface area (Å²) < 4.78 is 56.8. The molecule has 0 aliphatic rings. The first-order chi connectivity index (χ1) is 21.5. The molecule has 0 saturated carbocycles. The number of benzene rings is 2. The predicted octanol–water partition coefficient (Wildman–Crippen LogP) is 6.86. The fourth-order valence-electron chi connectivity index (χ4n) is 5.09. The third kappa shape index (κ3) is 16.9. The molecule has 2 aromatic carbocycles. The maximum atomic E-state index is 12.8. The number of hydrogen-bond acceptors (Lipinski definition) is 6. The Hall–Kier alpha value is -2.83. The summed E-state index contributed by atoms with van der Waals surface area (Å²) in [5.41, 5.74) is 6.17. The zero-order chi connectivity index (χ0) is 33.0. The number of nitrogens with one attached hydrogen (secondary N) is 4. The summed E-state index contributed by atoms with van der Waals surface area (Å²) in [5.74, 6) is -0.0204. The Labute approximate surface area is 272 Å². The van der Waals surface area contributed by atoms with E-state index in [4.69, 9.17) is 0 Å². The van der Waals surface area contributed by atoms with Crippen molar-refractivity contribution in [3.63, 3.8) is 0 Å². The van der Waals surface area contributed by atoms with Gasteiger partial charge in [0.2, 0.25) is 16.4 Å². The van der Waals surface area contributed by atoms with Crippen LogP contribution in [0.2, 0.25) is 0 Å². The van der Waals surface area contributed by atoms with Gasteiger partial charge in [0.15, 0.2) is 0 Å². The van der Waals surface area contributed by atoms with Gasteiger partial charge in [-0.2, -0.15) is 0 Å². The third-order valence-corrected chi connectivity index (χ3v) is 10.6. The molecule has 0 bridgehead atoms. The van der Waals surface area contributed by atoms with Gasteiger partial charge in [0.25, 0.3) is 10.0 Å². The molecule has 254 valence electrons. The molecule has 0 radical (unpaired) electrons. The summed E-state index contributed by atoms with van der Waals surface area (Å²) in [6.45, 7) is 3.68. The highest BCUT2D eigenvalue weighted by atomic mass is 32.2.